The Labute approximate surface area is 113 Å². The van der Waals surface area contributed by atoms with Crippen LogP contribution in [0.2, 0.25) is 0 Å². The minimum absolute atomic E-state index is 0.385. The average Bonchev–Trinajstić information content (AvgIpc) is 2.82. The number of para-hydroxylation sites is 1. The van der Waals surface area contributed by atoms with Crippen molar-refractivity contribution in [3.63, 3.8) is 0 Å². The second kappa shape index (κ2) is 4.74. The largest absolute Gasteiger partial charge is 0.267 e. The molecule has 0 saturated heterocycles. The number of aromatic amines is 1. The van der Waals surface area contributed by atoms with Gasteiger partial charge in [0.05, 0.1) is 11.9 Å². The van der Waals surface area contributed by atoms with E-state index in [0.29, 0.717) is 16.3 Å². The van der Waals surface area contributed by atoms with E-state index in [1.165, 1.54) is 6.07 Å². The van der Waals surface area contributed by atoms with Gasteiger partial charge in [0.25, 0.3) is 0 Å². The molecule has 1 N–H and O–H groups in total. The molecule has 0 fully saturated rings. The molecule has 1 aromatic carbocycles. The molecule has 0 amide bonds. The summed E-state index contributed by atoms with van der Waals surface area (Å²) in [4.78, 5) is 4.02. The molecule has 0 unspecified atom stereocenters. The number of aromatic nitrogens is 4. The number of hydrogen-bond acceptors (Lipinski definition) is 3. The van der Waals surface area contributed by atoms with Gasteiger partial charge >= 0.3 is 0 Å². The number of rotatable bonds is 2. The van der Waals surface area contributed by atoms with Crippen molar-refractivity contribution >= 4 is 12.2 Å². The van der Waals surface area contributed by atoms with E-state index >= 15 is 0 Å². The van der Waals surface area contributed by atoms with Crippen molar-refractivity contribution in [2.75, 3.05) is 0 Å². The molecule has 2 aromatic heterocycles. The van der Waals surface area contributed by atoms with Crippen LogP contribution >= 0.6 is 12.2 Å². The van der Waals surface area contributed by atoms with E-state index in [2.05, 4.69) is 15.2 Å². The lowest BCUT2D eigenvalue weighted by atomic mass is 10.3. The second-order valence-corrected chi connectivity index (χ2v) is 4.27. The number of pyridine rings is 1. The topological polar surface area (TPSA) is 46.5 Å². The third-order valence-electron chi connectivity index (χ3n) is 2.64. The van der Waals surface area contributed by atoms with E-state index in [4.69, 9.17) is 12.2 Å². The number of hydrogen-bond donors (Lipinski definition) is 1. The van der Waals surface area contributed by atoms with Gasteiger partial charge in [0, 0.05) is 0 Å². The Morgan fingerprint density at radius 1 is 1.11 bits per heavy atom. The molecule has 0 aliphatic carbocycles. The van der Waals surface area contributed by atoms with E-state index in [9.17, 15) is 4.39 Å². The number of nitrogens with one attached hydrogen (secondary N) is 1. The Hall–Kier alpha value is -2.34. The summed E-state index contributed by atoms with van der Waals surface area (Å²) < 4.78 is 15.1. The number of H-pyrrole nitrogens is 1. The maximum Gasteiger partial charge on any atom is 0.200 e. The van der Waals surface area contributed by atoms with Gasteiger partial charge < -0.3 is 0 Å². The fraction of sp³-hybridized carbons (Fsp3) is 0. The molecule has 94 valence electrons. The van der Waals surface area contributed by atoms with Crippen LogP contribution in [0.15, 0.2) is 48.7 Å². The molecule has 0 aliphatic heterocycles. The van der Waals surface area contributed by atoms with Crippen molar-refractivity contribution in [1.29, 1.82) is 0 Å². The van der Waals surface area contributed by atoms with E-state index in [0.717, 1.165) is 11.9 Å². The predicted molar refractivity (Wildman–Crippen MR) is 71.9 cm³/mol. The zero-order chi connectivity index (χ0) is 13.2. The van der Waals surface area contributed by atoms with Crippen LogP contribution in [0.5, 0.6) is 0 Å². The monoisotopic (exact) mass is 272 g/mol. The van der Waals surface area contributed by atoms with Gasteiger partial charge in [0.15, 0.2) is 10.6 Å². The first-order chi connectivity index (χ1) is 9.25. The molecular weight excluding hydrogens is 263 g/mol. The number of halogens is 1. The lowest BCUT2D eigenvalue weighted by Gasteiger charge is -2.05. The van der Waals surface area contributed by atoms with Gasteiger partial charge in [-0.25, -0.2) is 9.37 Å². The quantitative estimate of drug-likeness (QED) is 0.729. The lowest BCUT2D eigenvalue weighted by Crippen LogP contribution is -1.98. The molecule has 0 atom stereocenters. The van der Waals surface area contributed by atoms with Crippen LogP contribution in [0.3, 0.4) is 0 Å². The van der Waals surface area contributed by atoms with Crippen molar-refractivity contribution in [2.45, 2.75) is 0 Å². The SMILES string of the molecule is Fc1ccc(-c2n[nH]c(=S)n2-c2ccccc2)nc1. The minimum atomic E-state index is -0.385. The molecule has 0 aliphatic rings. The minimum Gasteiger partial charge on any atom is -0.267 e. The summed E-state index contributed by atoms with van der Waals surface area (Å²) in [5, 5.41) is 6.88. The molecule has 4 nitrogen and oxygen atoms in total. The maximum atomic E-state index is 12.9. The maximum absolute atomic E-state index is 12.9. The van der Waals surface area contributed by atoms with Gasteiger partial charge in [0.1, 0.15) is 11.5 Å². The van der Waals surface area contributed by atoms with Crippen molar-refractivity contribution in [3.05, 3.63) is 59.2 Å². The summed E-state index contributed by atoms with van der Waals surface area (Å²) in [6, 6.07) is 12.5. The summed E-state index contributed by atoms with van der Waals surface area (Å²) in [6.07, 6.45) is 1.16. The third kappa shape index (κ3) is 2.17. The van der Waals surface area contributed by atoms with Crippen LogP contribution in [0.25, 0.3) is 17.2 Å². The zero-order valence-electron chi connectivity index (χ0n) is 9.75. The van der Waals surface area contributed by atoms with Gasteiger partial charge in [-0.1, -0.05) is 18.2 Å². The molecule has 19 heavy (non-hydrogen) atoms. The zero-order valence-corrected chi connectivity index (χ0v) is 10.6. The van der Waals surface area contributed by atoms with Crippen LogP contribution in [0, 0.1) is 10.6 Å². The summed E-state index contributed by atoms with van der Waals surface area (Å²) in [5.41, 5.74) is 1.43. The second-order valence-electron chi connectivity index (χ2n) is 3.88. The average molecular weight is 272 g/mol. The van der Waals surface area contributed by atoms with Gasteiger partial charge in [-0.3, -0.25) is 9.67 Å². The first-order valence-corrected chi connectivity index (χ1v) is 6.01. The molecule has 2 heterocycles. The van der Waals surface area contributed by atoms with Gasteiger partial charge in [0.2, 0.25) is 0 Å². The van der Waals surface area contributed by atoms with Crippen molar-refractivity contribution in [3.8, 4) is 17.2 Å². The summed E-state index contributed by atoms with van der Waals surface area (Å²) in [5.74, 6) is 0.167. The molecule has 0 spiro atoms. The van der Waals surface area contributed by atoms with Crippen LogP contribution < -0.4 is 0 Å². The third-order valence-corrected chi connectivity index (χ3v) is 2.92. The molecule has 0 saturated carbocycles. The van der Waals surface area contributed by atoms with Crippen LogP contribution in [-0.4, -0.2) is 19.7 Å². The highest BCUT2D eigenvalue weighted by Crippen LogP contribution is 2.19. The molecule has 3 aromatic rings. The summed E-state index contributed by atoms with van der Waals surface area (Å²) in [6.45, 7) is 0. The smallest absolute Gasteiger partial charge is 0.200 e. The molecule has 0 radical (unpaired) electrons. The Morgan fingerprint density at radius 2 is 1.89 bits per heavy atom. The number of benzene rings is 1. The van der Waals surface area contributed by atoms with E-state index in [1.54, 1.807) is 10.6 Å². The Balaban J connectivity index is 2.19. The fourth-order valence-corrected chi connectivity index (χ4v) is 2.03. The first-order valence-electron chi connectivity index (χ1n) is 5.60. The van der Waals surface area contributed by atoms with Crippen LogP contribution in [-0.2, 0) is 0 Å². The standard InChI is InChI=1S/C13H9FN4S/c14-9-6-7-11(15-8-9)12-16-17-13(19)18(12)10-4-2-1-3-5-10/h1-8H,(H,17,19). The highest BCUT2D eigenvalue weighted by molar-refractivity contribution is 7.71. The van der Waals surface area contributed by atoms with Gasteiger partial charge in [-0.05, 0) is 36.5 Å². The van der Waals surface area contributed by atoms with E-state index in [-0.39, 0.29) is 5.82 Å². The normalized spacial score (nSPS) is 10.6. The van der Waals surface area contributed by atoms with E-state index < -0.39 is 0 Å². The van der Waals surface area contributed by atoms with Crippen LogP contribution in [0.1, 0.15) is 0 Å². The number of nitrogens with zero attached hydrogens (tertiary/aromatic N) is 3. The Bertz CT molecular complexity index is 746. The molecular formula is C13H9FN4S. The summed E-state index contributed by atoms with van der Waals surface area (Å²) in [7, 11) is 0. The van der Waals surface area contributed by atoms with E-state index in [1.807, 2.05) is 30.3 Å². The first kappa shape index (κ1) is 11.7. The Morgan fingerprint density at radius 3 is 2.58 bits per heavy atom. The highest BCUT2D eigenvalue weighted by Gasteiger charge is 2.11. The summed E-state index contributed by atoms with van der Waals surface area (Å²) >= 11 is 5.22. The van der Waals surface area contributed by atoms with Gasteiger partial charge in [-0.2, -0.15) is 5.10 Å². The fourth-order valence-electron chi connectivity index (χ4n) is 1.79. The highest BCUT2D eigenvalue weighted by atomic mass is 32.1. The van der Waals surface area contributed by atoms with Crippen molar-refractivity contribution in [1.82, 2.24) is 19.7 Å². The van der Waals surface area contributed by atoms with Gasteiger partial charge in [-0.15, -0.1) is 0 Å². The van der Waals surface area contributed by atoms with Crippen molar-refractivity contribution < 1.29 is 4.39 Å². The molecule has 3 rings (SSSR count). The van der Waals surface area contributed by atoms with Crippen molar-refractivity contribution in [2.24, 2.45) is 0 Å². The Kier molecular flexibility index (Phi) is 2.92. The van der Waals surface area contributed by atoms with Crippen LogP contribution in [0.4, 0.5) is 4.39 Å². The molecule has 0 bridgehead atoms. The molecule has 6 heteroatoms. The predicted octanol–water partition coefficient (Wildman–Crippen LogP) is 3.13. The lowest BCUT2D eigenvalue weighted by molar-refractivity contribution is 0.621.